The molecule has 1 saturated heterocycles. The minimum absolute atomic E-state index is 0.328. The van der Waals surface area contributed by atoms with Gasteiger partial charge in [0.2, 0.25) is 0 Å². The zero-order chi connectivity index (χ0) is 14.5. The first-order valence-electron chi connectivity index (χ1n) is 8.43. The zero-order valence-electron chi connectivity index (χ0n) is 12.8. The van der Waals surface area contributed by atoms with Crippen molar-refractivity contribution >= 4 is 6.08 Å². The van der Waals surface area contributed by atoms with Gasteiger partial charge >= 0.3 is 0 Å². The Morgan fingerprint density at radius 2 is 1.95 bits per heavy atom. The molecule has 1 aromatic rings. The molecule has 0 spiro atoms. The summed E-state index contributed by atoms with van der Waals surface area (Å²) in [4.78, 5) is 2.57. The van der Waals surface area contributed by atoms with Crippen molar-refractivity contribution in [2.75, 3.05) is 19.6 Å². The Balaban J connectivity index is 1.43. The third-order valence-electron chi connectivity index (χ3n) is 5.07. The normalized spacial score (nSPS) is 27.9. The minimum atomic E-state index is -0.328. The number of aliphatic hydroxyl groups excluding tert-OH is 1. The maximum Gasteiger partial charge on any atom is 0.0736 e. The van der Waals surface area contributed by atoms with E-state index in [0.717, 1.165) is 30.4 Å². The van der Waals surface area contributed by atoms with Crippen molar-refractivity contribution in [3.05, 3.63) is 42.0 Å². The summed E-state index contributed by atoms with van der Waals surface area (Å²) in [7, 11) is 0. The van der Waals surface area contributed by atoms with E-state index in [-0.39, 0.29) is 6.10 Å². The van der Waals surface area contributed by atoms with Crippen molar-refractivity contribution in [1.82, 2.24) is 4.90 Å². The number of hydrogen-bond donors (Lipinski definition) is 1. The van der Waals surface area contributed by atoms with E-state index in [1.54, 1.807) is 0 Å². The van der Waals surface area contributed by atoms with Gasteiger partial charge in [0.05, 0.1) is 6.10 Å². The van der Waals surface area contributed by atoms with E-state index in [1.165, 1.54) is 38.8 Å². The maximum absolute atomic E-state index is 10.1. The number of likely N-dealkylation sites (tertiary alicyclic amines) is 1. The van der Waals surface area contributed by atoms with Gasteiger partial charge in [-0.2, -0.15) is 0 Å². The Morgan fingerprint density at radius 3 is 2.81 bits per heavy atom. The molecule has 2 aliphatic rings. The van der Waals surface area contributed by atoms with Gasteiger partial charge in [0.1, 0.15) is 0 Å². The molecule has 1 N–H and O–H groups in total. The molecule has 1 saturated carbocycles. The van der Waals surface area contributed by atoms with Gasteiger partial charge in [-0.1, -0.05) is 48.9 Å². The fraction of sp³-hybridized carbons (Fsp3) is 0.579. The minimum Gasteiger partial charge on any atom is -0.389 e. The fourth-order valence-electron chi connectivity index (χ4n) is 3.83. The number of hydrogen-bond acceptors (Lipinski definition) is 2. The van der Waals surface area contributed by atoms with Gasteiger partial charge in [-0.05, 0) is 49.6 Å². The van der Waals surface area contributed by atoms with Gasteiger partial charge in [0.25, 0.3) is 0 Å². The quantitative estimate of drug-likeness (QED) is 0.894. The second-order valence-electron chi connectivity index (χ2n) is 6.76. The van der Waals surface area contributed by atoms with Crippen LogP contribution in [0, 0.1) is 11.8 Å². The molecule has 1 aromatic carbocycles. The summed E-state index contributed by atoms with van der Waals surface area (Å²) < 4.78 is 0. The highest BCUT2D eigenvalue weighted by molar-refractivity contribution is 5.49. The average molecular weight is 285 g/mol. The predicted octanol–water partition coefficient (Wildman–Crippen LogP) is 3.57. The Labute approximate surface area is 128 Å². The van der Waals surface area contributed by atoms with Crippen molar-refractivity contribution in [3.8, 4) is 0 Å². The Morgan fingerprint density at radius 1 is 1.14 bits per heavy atom. The topological polar surface area (TPSA) is 23.5 Å². The molecule has 0 amide bonds. The smallest absolute Gasteiger partial charge is 0.0736 e. The van der Waals surface area contributed by atoms with Crippen LogP contribution in [-0.4, -0.2) is 35.7 Å². The monoisotopic (exact) mass is 285 g/mol. The number of aliphatic hydroxyl groups is 1. The van der Waals surface area contributed by atoms with E-state index in [2.05, 4.69) is 17.0 Å². The molecule has 2 heteroatoms. The summed E-state index contributed by atoms with van der Waals surface area (Å²) in [6.07, 6.45) is 10.2. The molecular formula is C19H27NO. The Hall–Kier alpha value is -1.12. The van der Waals surface area contributed by atoms with Crippen LogP contribution in [0.4, 0.5) is 0 Å². The van der Waals surface area contributed by atoms with Crippen LogP contribution >= 0.6 is 0 Å². The molecule has 0 aromatic heterocycles. The molecule has 3 rings (SSSR count). The highest BCUT2D eigenvalue weighted by Crippen LogP contribution is 2.36. The van der Waals surface area contributed by atoms with Crippen LogP contribution in [0.3, 0.4) is 0 Å². The van der Waals surface area contributed by atoms with Crippen LogP contribution < -0.4 is 0 Å². The first-order chi connectivity index (χ1) is 10.3. The number of benzene rings is 1. The van der Waals surface area contributed by atoms with Gasteiger partial charge in [0, 0.05) is 13.1 Å². The number of rotatable bonds is 5. The molecule has 1 aliphatic carbocycles. The lowest BCUT2D eigenvalue weighted by molar-refractivity contribution is 0.168. The Kier molecular flexibility index (Phi) is 5.10. The lowest BCUT2D eigenvalue weighted by atomic mass is 10.0. The highest BCUT2D eigenvalue weighted by atomic mass is 16.3. The van der Waals surface area contributed by atoms with Crippen LogP contribution in [-0.2, 0) is 0 Å². The first kappa shape index (κ1) is 14.8. The van der Waals surface area contributed by atoms with Crippen molar-refractivity contribution in [3.63, 3.8) is 0 Å². The van der Waals surface area contributed by atoms with Crippen molar-refractivity contribution in [1.29, 1.82) is 0 Å². The van der Waals surface area contributed by atoms with Crippen LogP contribution in [0.5, 0.6) is 0 Å². The van der Waals surface area contributed by atoms with Gasteiger partial charge in [-0.3, -0.25) is 0 Å². The average Bonchev–Trinajstić information content (AvgIpc) is 2.85. The van der Waals surface area contributed by atoms with Gasteiger partial charge in [0.15, 0.2) is 0 Å². The molecule has 0 radical (unpaired) electrons. The predicted molar refractivity (Wildman–Crippen MR) is 88.0 cm³/mol. The Bertz CT molecular complexity index is 456. The molecule has 3 atom stereocenters. The molecule has 1 heterocycles. The van der Waals surface area contributed by atoms with Gasteiger partial charge < -0.3 is 10.0 Å². The first-order valence-corrected chi connectivity index (χ1v) is 8.43. The summed E-state index contributed by atoms with van der Waals surface area (Å²) in [5, 5.41) is 10.1. The van der Waals surface area contributed by atoms with Crippen LogP contribution in [0.15, 0.2) is 36.4 Å². The van der Waals surface area contributed by atoms with Crippen LogP contribution in [0.2, 0.25) is 0 Å². The van der Waals surface area contributed by atoms with E-state index in [9.17, 15) is 5.11 Å². The molecule has 2 bridgehead atoms. The summed E-state index contributed by atoms with van der Waals surface area (Å²) in [5.41, 5.74) is 1.16. The second kappa shape index (κ2) is 7.24. The summed E-state index contributed by atoms with van der Waals surface area (Å²) >= 11 is 0. The number of nitrogens with zero attached hydrogens (tertiary/aromatic N) is 1. The molecule has 21 heavy (non-hydrogen) atoms. The second-order valence-corrected chi connectivity index (χ2v) is 6.76. The van der Waals surface area contributed by atoms with Crippen LogP contribution in [0.1, 0.15) is 37.7 Å². The zero-order valence-corrected chi connectivity index (χ0v) is 12.8. The van der Waals surface area contributed by atoms with Crippen molar-refractivity contribution < 1.29 is 5.11 Å². The summed E-state index contributed by atoms with van der Waals surface area (Å²) in [6.45, 7) is 3.52. The molecular weight excluding hydrogens is 258 g/mol. The number of fused-ring (bicyclic) bond motifs is 2. The van der Waals surface area contributed by atoms with E-state index < -0.39 is 0 Å². The van der Waals surface area contributed by atoms with Crippen molar-refractivity contribution in [2.24, 2.45) is 11.8 Å². The van der Waals surface area contributed by atoms with Crippen LogP contribution in [0.25, 0.3) is 6.08 Å². The lowest BCUT2D eigenvalue weighted by Gasteiger charge is -2.25. The van der Waals surface area contributed by atoms with Gasteiger partial charge in [-0.15, -0.1) is 0 Å². The molecule has 2 fully saturated rings. The SMILES string of the molecule is O[C@@H](/C=C\c1ccccc1)CCN1CC[C@@H]2CC[C@@H](C2)C1. The van der Waals surface area contributed by atoms with E-state index in [0.29, 0.717) is 0 Å². The molecule has 1 aliphatic heterocycles. The molecule has 2 nitrogen and oxygen atoms in total. The largest absolute Gasteiger partial charge is 0.389 e. The fourth-order valence-corrected chi connectivity index (χ4v) is 3.83. The van der Waals surface area contributed by atoms with Crippen molar-refractivity contribution in [2.45, 2.75) is 38.2 Å². The summed E-state index contributed by atoms with van der Waals surface area (Å²) in [6, 6.07) is 10.2. The van der Waals surface area contributed by atoms with E-state index in [4.69, 9.17) is 0 Å². The molecule has 114 valence electrons. The highest BCUT2D eigenvalue weighted by Gasteiger charge is 2.29. The third kappa shape index (κ3) is 4.42. The van der Waals surface area contributed by atoms with E-state index in [1.807, 2.05) is 30.4 Å². The molecule has 0 unspecified atom stereocenters. The standard InChI is InChI=1S/C19H27NO/c21-19(9-8-16-4-2-1-3-5-16)11-13-20-12-10-17-6-7-18(14-17)15-20/h1-5,8-9,17-19,21H,6-7,10-15H2/b9-8-/t17-,18-,19-/m0/s1. The lowest BCUT2D eigenvalue weighted by Crippen LogP contribution is -2.31. The van der Waals surface area contributed by atoms with E-state index >= 15 is 0 Å². The maximum atomic E-state index is 10.1. The summed E-state index contributed by atoms with van der Waals surface area (Å²) in [5.74, 6) is 1.91. The third-order valence-corrected chi connectivity index (χ3v) is 5.07. The van der Waals surface area contributed by atoms with Gasteiger partial charge in [-0.25, -0.2) is 0 Å².